The van der Waals surface area contributed by atoms with E-state index in [9.17, 15) is 9.59 Å². The van der Waals surface area contributed by atoms with Crippen LogP contribution in [0.5, 0.6) is 0 Å². The fourth-order valence-electron chi connectivity index (χ4n) is 2.65. The number of hydrogen-bond donors (Lipinski definition) is 1. The molecule has 0 bridgehead atoms. The number of hydrogen-bond acceptors (Lipinski definition) is 3. The highest BCUT2D eigenvalue weighted by molar-refractivity contribution is 9.10. The molecule has 0 saturated carbocycles. The molecule has 1 N–H and O–H groups in total. The van der Waals surface area contributed by atoms with Gasteiger partial charge in [-0.2, -0.15) is 0 Å². The number of aromatic nitrogens is 1. The van der Waals surface area contributed by atoms with Crippen molar-refractivity contribution in [1.29, 1.82) is 0 Å². The molecule has 5 heteroatoms. The van der Waals surface area contributed by atoms with E-state index in [0.717, 1.165) is 27.4 Å². The topological polar surface area (TPSA) is 59.2 Å². The Morgan fingerprint density at radius 3 is 2.71 bits per heavy atom. The highest BCUT2D eigenvalue weighted by Crippen LogP contribution is 2.22. The van der Waals surface area contributed by atoms with E-state index in [1.807, 2.05) is 24.3 Å². The number of aromatic amines is 1. The number of aryl methyl sites for hydroxylation is 1. The van der Waals surface area contributed by atoms with Crippen molar-refractivity contribution in [3.8, 4) is 0 Å². The summed E-state index contributed by atoms with van der Waals surface area (Å²) < 4.78 is 5.94. The first-order valence-electron chi connectivity index (χ1n) is 7.65. The molecule has 3 rings (SSSR count). The zero-order valence-corrected chi connectivity index (χ0v) is 14.7. The number of H-pyrrole nitrogens is 1. The number of carbonyl (C=O) groups excluding carboxylic acids is 2. The Kier molecular flexibility index (Phi) is 4.81. The van der Waals surface area contributed by atoms with E-state index >= 15 is 0 Å². The molecule has 122 valence electrons. The van der Waals surface area contributed by atoms with E-state index in [4.69, 9.17) is 4.74 Å². The molecule has 0 radical (unpaired) electrons. The molecule has 0 spiro atoms. The van der Waals surface area contributed by atoms with Crippen LogP contribution >= 0.6 is 15.9 Å². The Bertz CT molecular complexity index is 914. The number of rotatable bonds is 5. The predicted octanol–water partition coefficient (Wildman–Crippen LogP) is 4.53. The molecule has 0 fully saturated rings. The summed E-state index contributed by atoms with van der Waals surface area (Å²) in [7, 11) is 0. The lowest BCUT2D eigenvalue weighted by Gasteiger charge is -2.05. The van der Waals surface area contributed by atoms with E-state index in [2.05, 4.69) is 27.8 Å². The fourth-order valence-corrected chi connectivity index (χ4v) is 3.05. The second kappa shape index (κ2) is 7.01. The van der Waals surface area contributed by atoms with Crippen LogP contribution in [0.2, 0.25) is 0 Å². The van der Waals surface area contributed by atoms with Crippen LogP contribution in [-0.2, 0) is 11.2 Å². The lowest BCUT2D eigenvalue weighted by atomic mass is 10.1. The molecule has 24 heavy (non-hydrogen) atoms. The molecular formula is C19H16BrNO3. The maximum Gasteiger partial charge on any atom is 0.338 e. The smallest absolute Gasteiger partial charge is 0.338 e. The summed E-state index contributed by atoms with van der Waals surface area (Å²) in [4.78, 5) is 27.6. The van der Waals surface area contributed by atoms with Gasteiger partial charge in [-0.3, -0.25) is 4.79 Å². The van der Waals surface area contributed by atoms with E-state index in [1.54, 1.807) is 24.4 Å². The molecule has 4 nitrogen and oxygen atoms in total. The summed E-state index contributed by atoms with van der Waals surface area (Å²) in [6.45, 7) is 1.78. The van der Waals surface area contributed by atoms with Crippen LogP contribution in [0.1, 0.15) is 33.2 Å². The summed E-state index contributed by atoms with van der Waals surface area (Å²) in [5, 5.41) is 0.859. The Balaban J connectivity index is 1.75. The summed E-state index contributed by atoms with van der Waals surface area (Å²) in [6, 6.07) is 12.7. The lowest BCUT2D eigenvalue weighted by Crippen LogP contribution is -2.14. The number of fused-ring (bicyclic) bond motifs is 1. The number of halogens is 1. The first-order chi connectivity index (χ1) is 11.6. The van der Waals surface area contributed by atoms with Gasteiger partial charge in [-0.05, 0) is 30.2 Å². The van der Waals surface area contributed by atoms with Crippen LogP contribution in [0.4, 0.5) is 0 Å². The van der Waals surface area contributed by atoms with Crippen LogP contribution in [0.15, 0.2) is 53.1 Å². The van der Waals surface area contributed by atoms with E-state index in [0.29, 0.717) is 11.1 Å². The minimum Gasteiger partial charge on any atom is -0.454 e. The van der Waals surface area contributed by atoms with Crippen LogP contribution in [0.25, 0.3) is 10.9 Å². The van der Waals surface area contributed by atoms with Crippen LogP contribution in [0, 0.1) is 0 Å². The third kappa shape index (κ3) is 3.26. The van der Waals surface area contributed by atoms with Crippen molar-refractivity contribution in [1.82, 2.24) is 4.98 Å². The molecular weight excluding hydrogens is 370 g/mol. The van der Waals surface area contributed by atoms with Crippen molar-refractivity contribution < 1.29 is 14.3 Å². The zero-order chi connectivity index (χ0) is 17.1. The van der Waals surface area contributed by atoms with Gasteiger partial charge < -0.3 is 9.72 Å². The van der Waals surface area contributed by atoms with Crippen molar-refractivity contribution in [2.45, 2.75) is 13.3 Å². The third-order valence-corrected chi connectivity index (χ3v) is 4.37. The van der Waals surface area contributed by atoms with Gasteiger partial charge >= 0.3 is 5.97 Å². The minimum atomic E-state index is -0.515. The Hall–Kier alpha value is -2.40. The van der Waals surface area contributed by atoms with Gasteiger partial charge in [0.25, 0.3) is 0 Å². The molecule has 0 saturated heterocycles. The second-order valence-electron chi connectivity index (χ2n) is 5.41. The normalized spacial score (nSPS) is 10.8. The van der Waals surface area contributed by atoms with Gasteiger partial charge in [0.2, 0.25) is 5.78 Å². The largest absolute Gasteiger partial charge is 0.454 e. The van der Waals surface area contributed by atoms with Crippen molar-refractivity contribution in [3.05, 3.63) is 69.8 Å². The number of nitrogens with one attached hydrogen (secondary N) is 1. The molecule has 0 aliphatic rings. The van der Waals surface area contributed by atoms with Crippen LogP contribution in [-0.4, -0.2) is 23.3 Å². The Morgan fingerprint density at radius 1 is 1.17 bits per heavy atom. The van der Waals surface area contributed by atoms with Crippen LogP contribution < -0.4 is 0 Å². The molecule has 0 amide bonds. The molecule has 3 aromatic rings. The van der Waals surface area contributed by atoms with Gasteiger partial charge in [0, 0.05) is 27.1 Å². The number of benzene rings is 2. The number of para-hydroxylation sites is 1. The third-order valence-electron chi connectivity index (χ3n) is 3.88. The van der Waals surface area contributed by atoms with Gasteiger partial charge in [-0.1, -0.05) is 47.1 Å². The summed E-state index contributed by atoms with van der Waals surface area (Å²) in [5.74, 6) is -0.739. The predicted molar refractivity (Wildman–Crippen MR) is 96.4 cm³/mol. The molecule has 0 aliphatic carbocycles. The zero-order valence-electron chi connectivity index (χ0n) is 13.1. The highest BCUT2D eigenvalue weighted by Gasteiger charge is 2.16. The highest BCUT2D eigenvalue weighted by atomic mass is 79.9. The maximum atomic E-state index is 12.4. The SMILES string of the molecule is CCc1cccc2c(C(=O)COC(=O)c3cccc(Br)c3)c[nH]c12. The van der Waals surface area contributed by atoms with Gasteiger partial charge in [-0.25, -0.2) is 4.79 Å². The standard InChI is InChI=1S/C19H16BrNO3/c1-2-12-5-4-8-15-16(10-21-18(12)15)17(22)11-24-19(23)13-6-3-7-14(20)9-13/h3-10,21H,2,11H2,1H3. The van der Waals surface area contributed by atoms with Crippen molar-refractivity contribution in [2.24, 2.45) is 0 Å². The first-order valence-corrected chi connectivity index (χ1v) is 8.44. The Labute approximate surface area is 148 Å². The summed E-state index contributed by atoms with van der Waals surface area (Å²) in [5.41, 5.74) is 3.06. The monoisotopic (exact) mass is 385 g/mol. The molecule has 0 aliphatic heterocycles. The summed E-state index contributed by atoms with van der Waals surface area (Å²) >= 11 is 3.30. The molecule has 1 heterocycles. The lowest BCUT2D eigenvalue weighted by molar-refractivity contribution is 0.0475. The van der Waals surface area contributed by atoms with Crippen molar-refractivity contribution in [3.63, 3.8) is 0 Å². The van der Waals surface area contributed by atoms with Crippen LogP contribution in [0.3, 0.4) is 0 Å². The molecule has 2 aromatic carbocycles. The quantitative estimate of drug-likeness (QED) is 0.518. The van der Waals surface area contributed by atoms with Gasteiger partial charge in [0.05, 0.1) is 5.56 Å². The average Bonchev–Trinajstić information content (AvgIpc) is 3.03. The van der Waals surface area contributed by atoms with Gasteiger partial charge in [0.15, 0.2) is 6.61 Å². The summed E-state index contributed by atoms with van der Waals surface area (Å²) in [6.07, 6.45) is 2.56. The van der Waals surface area contributed by atoms with E-state index in [-0.39, 0.29) is 12.4 Å². The fraction of sp³-hybridized carbons (Fsp3) is 0.158. The van der Waals surface area contributed by atoms with Gasteiger partial charge in [0.1, 0.15) is 0 Å². The number of ether oxygens (including phenoxy) is 1. The number of Topliss-reactive ketones (excluding diaryl/α,β-unsaturated/α-hetero) is 1. The van der Waals surface area contributed by atoms with Crippen molar-refractivity contribution in [2.75, 3.05) is 6.61 Å². The molecule has 0 unspecified atom stereocenters. The Morgan fingerprint density at radius 2 is 1.96 bits per heavy atom. The van der Waals surface area contributed by atoms with Crippen molar-refractivity contribution >= 4 is 38.6 Å². The molecule has 1 aromatic heterocycles. The minimum absolute atomic E-state index is 0.224. The number of esters is 1. The average molecular weight is 386 g/mol. The maximum absolute atomic E-state index is 12.4. The van der Waals surface area contributed by atoms with E-state index < -0.39 is 5.97 Å². The van der Waals surface area contributed by atoms with Gasteiger partial charge in [-0.15, -0.1) is 0 Å². The number of ketones is 1. The van der Waals surface area contributed by atoms with E-state index in [1.165, 1.54) is 0 Å². The second-order valence-corrected chi connectivity index (χ2v) is 6.32. The molecule has 0 atom stereocenters. The number of carbonyl (C=O) groups is 2. The first kappa shape index (κ1) is 16.5.